The number of benzene rings is 2. The number of nitrogens with two attached hydrogens (primary N) is 1. The molecule has 0 bridgehead atoms. The molecule has 1 heterocycles. The number of hydrogen-bond donors (Lipinski definition) is 2. The standard InChI is InChI=1S/C19H21N3O2.ClH/c20-12-14-10-11-22(13-14)19(24)16-6-8-17(9-7-16)21-18(23)15-4-2-1-3-5-15;/h1-9,14H,10-13,20H2,(H,21,23);1H. The molecule has 1 aliphatic rings. The van der Waals surface area contributed by atoms with Crippen molar-refractivity contribution in [1.29, 1.82) is 0 Å². The van der Waals surface area contributed by atoms with Crippen molar-refractivity contribution in [3.05, 3.63) is 65.7 Å². The Hall–Kier alpha value is -2.37. The minimum atomic E-state index is -0.167. The van der Waals surface area contributed by atoms with Crippen molar-refractivity contribution < 1.29 is 9.59 Å². The van der Waals surface area contributed by atoms with E-state index in [0.717, 1.165) is 19.5 Å². The monoisotopic (exact) mass is 359 g/mol. The molecule has 0 aromatic heterocycles. The first-order chi connectivity index (χ1) is 11.7. The van der Waals surface area contributed by atoms with Gasteiger partial charge in [0.05, 0.1) is 0 Å². The molecule has 2 aromatic rings. The van der Waals surface area contributed by atoms with Crippen LogP contribution < -0.4 is 11.1 Å². The molecule has 1 unspecified atom stereocenters. The second-order valence-corrected chi connectivity index (χ2v) is 6.04. The van der Waals surface area contributed by atoms with Crippen LogP contribution in [0.3, 0.4) is 0 Å². The number of carbonyl (C=O) groups excluding carboxylic acids is 2. The predicted octanol–water partition coefficient (Wildman–Crippen LogP) is 2.78. The van der Waals surface area contributed by atoms with Crippen LogP contribution in [0.4, 0.5) is 5.69 Å². The van der Waals surface area contributed by atoms with Crippen LogP contribution in [0.15, 0.2) is 54.6 Å². The first-order valence-corrected chi connectivity index (χ1v) is 8.13. The van der Waals surface area contributed by atoms with E-state index in [9.17, 15) is 9.59 Å². The van der Waals surface area contributed by atoms with Gasteiger partial charge in [0.15, 0.2) is 0 Å². The van der Waals surface area contributed by atoms with Crippen molar-refractivity contribution in [2.75, 3.05) is 25.0 Å². The third kappa shape index (κ3) is 4.59. The molecular weight excluding hydrogens is 338 g/mol. The molecule has 0 saturated carbocycles. The number of nitrogens with zero attached hydrogens (tertiary/aromatic N) is 1. The Morgan fingerprint density at radius 2 is 1.72 bits per heavy atom. The van der Waals surface area contributed by atoms with Crippen LogP contribution in [0, 0.1) is 5.92 Å². The summed E-state index contributed by atoms with van der Waals surface area (Å²) >= 11 is 0. The summed E-state index contributed by atoms with van der Waals surface area (Å²) < 4.78 is 0. The van der Waals surface area contributed by atoms with Gasteiger partial charge in [0, 0.05) is 29.9 Å². The lowest BCUT2D eigenvalue weighted by Crippen LogP contribution is -2.29. The maximum absolute atomic E-state index is 12.5. The Bertz CT molecular complexity index is 719. The topological polar surface area (TPSA) is 75.4 Å². The van der Waals surface area contributed by atoms with Gasteiger partial charge in [-0.2, -0.15) is 0 Å². The highest BCUT2D eigenvalue weighted by molar-refractivity contribution is 6.04. The molecular formula is C19H22ClN3O2. The van der Waals surface area contributed by atoms with Gasteiger partial charge >= 0.3 is 0 Å². The Morgan fingerprint density at radius 1 is 1.04 bits per heavy atom. The van der Waals surface area contributed by atoms with Crippen LogP contribution in [-0.4, -0.2) is 36.3 Å². The third-order valence-corrected chi connectivity index (χ3v) is 4.33. The van der Waals surface area contributed by atoms with E-state index in [1.807, 2.05) is 23.1 Å². The molecule has 132 valence electrons. The fraction of sp³-hybridized carbons (Fsp3) is 0.263. The average molecular weight is 360 g/mol. The maximum atomic E-state index is 12.5. The molecule has 5 nitrogen and oxygen atoms in total. The number of nitrogens with one attached hydrogen (secondary N) is 1. The fourth-order valence-corrected chi connectivity index (χ4v) is 2.88. The Morgan fingerprint density at radius 3 is 2.32 bits per heavy atom. The molecule has 0 radical (unpaired) electrons. The van der Waals surface area contributed by atoms with E-state index in [4.69, 9.17) is 5.73 Å². The minimum Gasteiger partial charge on any atom is -0.338 e. The van der Waals surface area contributed by atoms with Crippen molar-refractivity contribution >= 4 is 29.9 Å². The first kappa shape index (κ1) is 19.0. The zero-order valence-corrected chi connectivity index (χ0v) is 14.7. The highest BCUT2D eigenvalue weighted by atomic mass is 35.5. The van der Waals surface area contributed by atoms with Crippen molar-refractivity contribution in [2.24, 2.45) is 11.7 Å². The number of hydrogen-bond acceptors (Lipinski definition) is 3. The third-order valence-electron chi connectivity index (χ3n) is 4.33. The number of rotatable bonds is 4. The quantitative estimate of drug-likeness (QED) is 0.881. The Balaban J connectivity index is 0.00000225. The summed E-state index contributed by atoms with van der Waals surface area (Å²) in [6, 6.07) is 16.0. The largest absolute Gasteiger partial charge is 0.338 e. The van der Waals surface area contributed by atoms with Gasteiger partial charge in [-0.3, -0.25) is 9.59 Å². The zero-order chi connectivity index (χ0) is 16.9. The second kappa shape index (κ2) is 8.65. The lowest BCUT2D eigenvalue weighted by atomic mass is 10.1. The lowest BCUT2D eigenvalue weighted by Gasteiger charge is -2.16. The van der Waals surface area contributed by atoms with Gasteiger partial charge in [-0.1, -0.05) is 18.2 Å². The van der Waals surface area contributed by atoms with Crippen molar-refractivity contribution in [1.82, 2.24) is 4.90 Å². The predicted molar refractivity (Wildman–Crippen MR) is 101 cm³/mol. The summed E-state index contributed by atoms with van der Waals surface area (Å²) in [6.45, 7) is 2.10. The van der Waals surface area contributed by atoms with Crippen molar-refractivity contribution in [3.63, 3.8) is 0 Å². The number of amides is 2. The molecule has 0 aliphatic carbocycles. The molecule has 1 atom stereocenters. The van der Waals surface area contributed by atoms with E-state index in [1.165, 1.54) is 0 Å². The smallest absolute Gasteiger partial charge is 0.255 e. The van der Waals surface area contributed by atoms with Crippen molar-refractivity contribution in [2.45, 2.75) is 6.42 Å². The normalized spacial score (nSPS) is 16.2. The molecule has 3 rings (SSSR count). The highest BCUT2D eigenvalue weighted by Crippen LogP contribution is 2.19. The minimum absolute atomic E-state index is 0. The number of halogens is 1. The van der Waals surface area contributed by atoms with Gasteiger partial charge in [-0.25, -0.2) is 0 Å². The number of carbonyl (C=O) groups is 2. The van der Waals surface area contributed by atoms with E-state index >= 15 is 0 Å². The van der Waals surface area contributed by atoms with Crippen LogP contribution in [0.2, 0.25) is 0 Å². The van der Waals surface area contributed by atoms with E-state index in [0.29, 0.717) is 29.3 Å². The maximum Gasteiger partial charge on any atom is 0.255 e. The van der Waals surface area contributed by atoms with Crippen LogP contribution in [-0.2, 0) is 0 Å². The number of anilines is 1. The summed E-state index contributed by atoms with van der Waals surface area (Å²) in [5, 5.41) is 2.83. The van der Waals surface area contributed by atoms with E-state index in [-0.39, 0.29) is 24.2 Å². The summed E-state index contributed by atoms with van der Waals surface area (Å²) in [5.74, 6) is 0.255. The van der Waals surface area contributed by atoms with Gasteiger partial charge in [0.25, 0.3) is 11.8 Å². The molecule has 3 N–H and O–H groups in total. The SMILES string of the molecule is Cl.NCC1CCN(C(=O)c2ccc(NC(=O)c3ccccc3)cc2)C1. The zero-order valence-electron chi connectivity index (χ0n) is 13.9. The van der Waals surface area contributed by atoms with Crippen LogP contribution >= 0.6 is 12.4 Å². The van der Waals surface area contributed by atoms with Gasteiger partial charge in [0.2, 0.25) is 0 Å². The van der Waals surface area contributed by atoms with Gasteiger partial charge < -0.3 is 16.0 Å². The Labute approximate surface area is 153 Å². The van der Waals surface area contributed by atoms with Crippen LogP contribution in [0.25, 0.3) is 0 Å². The lowest BCUT2D eigenvalue weighted by molar-refractivity contribution is 0.0787. The summed E-state index contributed by atoms with van der Waals surface area (Å²) in [4.78, 5) is 26.4. The highest BCUT2D eigenvalue weighted by Gasteiger charge is 2.25. The molecule has 1 fully saturated rings. The van der Waals surface area contributed by atoms with Gasteiger partial charge in [-0.05, 0) is 55.3 Å². The van der Waals surface area contributed by atoms with E-state index in [2.05, 4.69) is 5.32 Å². The van der Waals surface area contributed by atoms with E-state index < -0.39 is 0 Å². The van der Waals surface area contributed by atoms with Crippen LogP contribution in [0.5, 0.6) is 0 Å². The average Bonchev–Trinajstić information content (AvgIpc) is 3.11. The Kier molecular flexibility index (Phi) is 6.56. The molecule has 6 heteroatoms. The molecule has 1 saturated heterocycles. The van der Waals surface area contributed by atoms with Crippen molar-refractivity contribution in [3.8, 4) is 0 Å². The molecule has 1 aliphatic heterocycles. The van der Waals surface area contributed by atoms with Gasteiger partial charge in [-0.15, -0.1) is 12.4 Å². The fourth-order valence-electron chi connectivity index (χ4n) is 2.88. The molecule has 0 spiro atoms. The molecule has 2 aromatic carbocycles. The van der Waals surface area contributed by atoms with Crippen LogP contribution in [0.1, 0.15) is 27.1 Å². The summed E-state index contributed by atoms with van der Waals surface area (Å²) in [6.07, 6.45) is 0.966. The molecule has 25 heavy (non-hydrogen) atoms. The summed E-state index contributed by atoms with van der Waals surface area (Å²) in [5.41, 5.74) is 7.57. The number of likely N-dealkylation sites (tertiary alicyclic amines) is 1. The second-order valence-electron chi connectivity index (χ2n) is 6.04. The first-order valence-electron chi connectivity index (χ1n) is 8.13. The van der Waals surface area contributed by atoms with E-state index in [1.54, 1.807) is 36.4 Å². The van der Waals surface area contributed by atoms with Gasteiger partial charge in [0.1, 0.15) is 0 Å². The molecule has 2 amide bonds. The summed E-state index contributed by atoms with van der Waals surface area (Å²) in [7, 11) is 0.